The normalized spacial score (nSPS) is 27.8. The van der Waals surface area contributed by atoms with E-state index in [1.165, 1.54) is 0 Å². The number of benzene rings is 4. The van der Waals surface area contributed by atoms with Gasteiger partial charge in [0.05, 0.1) is 39.6 Å². The Morgan fingerprint density at radius 3 is 1.30 bits per heavy atom. The molecule has 0 bridgehead atoms. The van der Waals surface area contributed by atoms with Crippen molar-refractivity contribution >= 4 is 0 Å². The summed E-state index contributed by atoms with van der Waals surface area (Å²) < 4.78 is 64.0. The highest BCUT2D eigenvalue weighted by Gasteiger charge is 2.53. The molecule has 0 amide bonds. The summed E-state index contributed by atoms with van der Waals surface area (Å²) in [6.07, 6.45) is -3.32. The molecule has 6 unspecified atom stereocenters. The Kier molecular flexibility index (Phi) is 16.4. The predicted molar refractivity (Wildman–Crippen MR) is 207 cm³/mol. The van der Waals surface area contributed by atoms with Gasteiger partial charge in [-0.05, 0) is 22.3 Å². The van der Waals surface area contributed by atoms with Crippen LogP contribution in [0.25, 0.3) is 0 Å². The zero-order valence-electron chi connectivity index (χ0n) is 31.9. The van der Waals surface area contributed by atoms with E-state index in [4.69, 9.17) is 53.8 Å². The van der Waals surface area contributed by atoms with Crippen LogP contribution in [0.4, 0.5) is 0 Å². The molecule has 0 saturated carbocycles. The number of hydrogen-bond donors (Lipinski definition) is 1. The van der Waals surface area contributed by atoms with E-state index in [2.05, 4.69) is 5.92 Å². The van der Waals surface area contributed by atoms with Crippen molar-refractivity contribution in [3.63, 3.8) is 0 Å². The maximum atomic E-state index is 11.8. The SMILES string of the molecule is C#CCO[C@@H]1C(COC)O[C@H](O[C@H]2OC(COC)[C@@H](O)C(OCc3ccccc3)C2OCc2ccccc2)C(OCc2ccccc2)C1OCc1ccccc1. The van der Waals surface area contributed by atoms with Gasteiger partial charge in [0, 0.05) is 14.2 Å². The van der Waals surface area contributed by atoms with Crippen LogP contribution in [0.2, 0.25) is 0 Å². The van der Waals surface area contributed by atoms with Gasteiger partial charge in [-0.25, -0.2) is 0 Å². The first-order valence-electron chi connectivity index (χ1n) is 18.9. The molecule has 0 aliphatic carbocycles. The smallest absolute Gasteiger partial charge is 0.190 e. The lowest BCUT2D eigenvalue weighted by molar-refractivity contribution is -0.391. The lowest BCUT2D eigenvalue weighted by atomic mass is 9.96. The van der Waals surface area contributed by atoms with Crippen molar-refractivity contribution < 1.29 is 52.5 Å². The van der Waals surface area contributed by atoms with Crippen molar-refractivity contribution in [3.05, 3.63) is 144 Å². The Bertz CT molecular complexity index is 1710. The molecule has 11 nitrogen and oxygen atoms in total. The van der Waals surface area contributed by atoms with Crippen molar-refractivity contribution in [2.75, 3.05) is 34.0 Å². The van der Waals surface area contributed by atoms with Crippen LogP contribution in [-0.4, -0.2) is 101 Å². The van der Waals surface area contributed by atoms with Gasteiger partial charge in [0.15, 0.2) is 12.6 Å². The third-order valence-electron chi connectivity index (χ3n) is 9.64. The zero-order chi connectivity index (χ0) is 39.0. The molecule has 4 aromatic rings. The summed E-state index contributed by atoms with van der Waals surface area (Å²) in [6.45, 7) is 1.08. The molecule has 6 rings (SSSR count). The van der Waals surface area contributed by atoms with E-state index in [-0.39, 0.29) is 46.2 Å². The highest BCUT2D eigenvalue weighted by Crippen LogP contribution is 2.35. The molecule has 2 saturated heterocycles. The number of ether oxygens (including phenoxy) is 10. The van der Waals surface area contributed by atoms with Crippen molar-refractivity contribution in [2.24, 2.45) is 0 Å². The van der Waals surface area contributed by atoms with Gasteiger partial charge in [0.1, 0.15) is 55.4 Å². The summed E-state index contributed by atoms with van der Waals surface area (Å²) in [5.74, 6) is 2.57. The topological polar surface area (TPSA) is 113 Å². The average Bonchev–Trinajstić information content (AvgIpc) is 3.24. The van der Waals surface area contributed by atoms with Crippen molar-refractivity contribution in [1.82, 2.24) is 0 Å². The Morgan fingerprint density at radius 2 is 0.875 bits per heavy atom. The molecular formula is C45H52O11. The van der Waals surface area contributed by atoms with Gasteiger partial charge >= 0.3 is 0 Å². The first kappa shape index (κ1) is 41.6. The third-order valence-corrected chi connectivity index (χ3v) is 9.64. The first-order chi connectivity index (χ1) is 27.6. The molecule has 2 fully saturated rings. The Hall–Kier alpha value is -4.00. The fourth-order valence-electron chi connectivity index (χ4n) is 6.87. The minimum atomic E-state index is -1.13. The Labute approximate surface area is 329 Å². The van der Waals surface area contributed by atoms with Crippen LogP contribution < -0.4 is 0 Å². The minimum absolute atomic E-state index is 0.00845. The van der Waals surface area contributed by atoms with Gasteiger partial charge in [-0.15, -0.1) is 6.42 Å². The molecule has 2 aliphatic rings. The monoisotopic (exact) mass is 768 g/mol. The maximum absolute atomic E-state index is 11.8. The third kappa shape index (κ3) is 11.5. The quantitative estimate of drug-likeness (QED) is 0.116. The number of rotatable bonds is 20. The van der Waals surface area contributed by atoms with Crippen LogP contribution >= 0.6 is 0 Å². The van der Waals surface area contributed by atoms with Crippen LogP contribution in [0, 0.1) is 12.3 Å². The summed E-state index contributed by atoms with van der Waals surface area (Å²) >= 11 is 0. The number of terminal acetylenes is 1. The molecular weight excluding hydrogens is 716 g/mol. The van der Waals surface area contributed by atoms with E-state index in [1.807, 2.05) is 121 Å². The Morgan fingerprint density at radius 1 is 0.500 bits per heavy atom. The summed E-state index contributed by atoms with van der Waals surface area (Å²) in [6, 6.07) is 39.1. The van der Waals surface area contributed by atoms with E-state index in [0.29, 0.717) is 0 Å². The second-order valence-electron chi connectivity index (χ2n) is 13.6. The van der Waals surface area contributed by atoms with Crippen LogP contribution in [0.15, 0.2) is 121 Å². The molecule has 11 heteroatoms. The van der Waals surface area contributed by atoms with Crippen molar-refractivity contribution in [3.8, 4) is 12.3 Å². The number of aliphatic hydroxyl groups excluding tert-OH is 1. The van der Waals surface area contributed by atoms with E-state index >= 15 is 0 Å². The number of methoxy groups -OCH3 is 2. The van der Waals surface area contributed by atoms with Gasteiger partial charge in [0.25, 0.3) is 0 Å². The molecule has 298 valence electrons. The van der Waals surface area contributed by atoms with Crippen LogP contribution in [0.5, 0.6) is 0 Å². The second-order valence-corrected chi connectivity index (χ2v) is 13.6. The molecule has 4 aromatic carbocycles. The fraction of sp³-hybridized carbons (Fsp3) is 0.422. The molecule has 10 atom stereocenters. The van der Waals surface area contributed by atoms with Crippen LogP contribution in [0.1, 0.15) is 22.3 Å². The predicted octanol–water partition coefficient (Wildman–Crippen LogP) is 5.47. The Balaban J connectivity index is 1.35. The standard InChI is InChI=1S/C45H52O11/c1-4-25-49-39-37(31-48-3)55-45(43(53-29-35-23-15-8-16-24-35)41(39)51-27-33-19-11-6-12-20-33)56-44-42(52-28-34-21-13-7-14-22-34)40(38(46)36(54-44)30-47-2)50-26-32-17-9-5-10-18-32/h1,5-24,36-46H,25-31H2,2-3H3/t36?,37?,38-,39-,40?,41?,42?,43?,44-,45-/m1/s1. The summed E-state index contributed by atoms with van der Waals surface area (Å²) in [7, 11) is 3.13. The number of hydrogen-bond acceptors (Lipinski definition) is 11. The van der Waals surface area contributed by atoms with Crippen LogP contribution in [0.3, 0.4) is 0 Å². The zero-order valence-corrected chi connectivity index (χ0v) is 31.9. The van der Waals surface area contributed by atoms with Crippen molar-refractivity contribution in [2.45, 2.75) is 87.8 Å². The maximum Gasteiger partial charge on any atom is 0.190 e. The van der Waals surface area contributed by atoms with Crippen LogP contribution in [-0.2, 0) is 73.8 Å². The molecule has 56 heavy (non-hydrogen) atoms. The largest absolute Gasteiger partial charge is 0.387 e. The fourth-order valence-corrected chi connectivity index (χ4v) is 6.87. The molecule has 0 radical (unpaired) electrons. The average molecular weight is 769 g/mol. The van der Waals surface area contributed by atoms with E-state index in [0.717, 1.165) is 22.3 Å². The van der Waals surface area contributed by atoms with Gasteiger partial charge in [-0.2, -0.15) is 0 Å². The lowest BCUT2D eigenvalue weighted by Gasteiger charge is -2.49. The first-order valence-corrected chi connectivity index (χ1v) is 18.9. The van der Waals surface area contributed by atoms with Crippen molar-refractivity contribution in [1.29, 1.82) is 0 Å². The summed E-state index contributed by atoms with van der Waals surface area (Å²) in [4.78, 5) is 0. The summed E-state index contributed by atoms with van der Waals surface area (Å²) in [5.41, 5.74) is 3.74. The molecule has 2 aliphatic heterocycles. The second kappa shape index (κ2) is 22.1. The van der Waals surface area contributed by atoms with E-state index in [1.54, 1.807) is 14.2 Å². The van der Waals surface area contributed by atoms with Gasteiger partial charge in [0.2, 0.25) is 0 Å². The highest BCUT2D eigenvalue weighted by atomic mass is 16.8. The summed E-state index contributed by atoms with van der Waals surface area (Å²) in [5, 5.41) is 11.8. The van der Waals surface area contributed by atoms with Gasteiger partial charge in [-0.1, -0.05) is 127 Å². The lowest BCUT2D eigenvalue weighted by Crippen LogP contribution is -2.65. The molecule has 1 N–H and O–H groups in total. The molecule has 2 heterocycles. The van der Waals surface area contributed by atoms with E-state index in [9.17, 15) is 5.11 Å². The molecule has 0 aromatic heterocycles. The minimum Gasteiger partial charge on any atom is -0.387 e. The van der Waals surface area contributed by atoms with E-state index < -0.39 is 61.4 Å². The van der Waals surface area contributed by atoms with Gasteiger partial charge < -0.3 is 52.5 Å². The highest BCUT2D eigenvalue weighted by molar-refractivity contribution is 5.16. The molecule has 0 spiro atoms. The van der Waals surface area contributed by atoms with Gasteiger partial charge in [-0.3, -0.25) is 0 Å². The number of aliphatic hydroxyl groups is 1.